The molecule has 2 aliphatic heterocycles. The monoisotopic (exact) mass is 618 g/mol. The van der Waals surface area contributed by atoms with E-state index in [1.54, 1.807) is 14.2 Å². The van der Waals surface area contributed by atoms with Crippen LogP contribution in [0.4, 0.5) is 0 Å². The van der Waals surface area contributed by atoms with Gasteiger partial charge in [-0.25, -0.2) is 0 Å². The molecule has 3 aliphatic rings. The van der Waals surface area contributed by atoms with E-state index in [4.69, 9.17) is 23.7 Å². The van der Waals surface area contributed by atoms with Crippen molar-refractivity contribution in [1.82, 2.24) is 0 Å². The molecule has 2 heterocycles. The van der Waals surface area contributed by atoms with Gasteiger partial charge in [0.1, 0.15) is 34.9 Å². The number of hydrogen-bond donors (Lipinski definition) is 3. The lowest BCUT2D eigenvalue weighted by Gasteiger charge is -2.44. The topological polar surface area (TPSA) is 107 Å². The van der Waals surface area contributed by atoms with Crippen molar-refractivity contribution in [3.63, 3.8) is 0 Å². The van der Waals surface area contributed by atoms with Gasteiger partial charge in [0.05, 0.1) is 32.0 Å². The minimum Gasteiger partial charge on any atom is -0.508 e. The third-order valence-electron chi connectivity index (χ3n) is 9.78. The quantitative estimate of drug-likeness (QED) is 0.211. The summed E-state index contributed by atoms with van der Waals surface area (Å²) in [5.41, 5.74) is 4.06. The predicted molar refractivity (Wildman–Crippen MR) is 171 cm³/mol. The average molecular weight is 619 g/mol. The third kappa shape index (κ3) is 6.60. The molecule has 0 radical (unpaired) electrons. The molecule has 6 rings (SSSR count). The first-order chi connectivity index (χ1) is 21.9. The third-order valence-corrected chi connectivity index (χ3v) is 9.78. The molecule has 242 valence electrons. The second kappa shape index (κ2) is 13.9. The van der Waals surface area contributed by atoms with Crippen LogP contribution >= 0.6 is 0 Å². The highest BCUT2D eigenvalue weighted by Gasteiger charge is 2.47. The van der Waals surface area contributed by atoms with E-state index in [1.165, 1.54) is 0 Å². The van der Waals surface area contributed by atoms with E-state index in [1.807, 2.05) is 55.5 Å². The Labute approximate surface area is 265 Å². The van der Waals surface area contributed by atoms with Crippen LogP contribution < -0.4 is 18.9 Å². The Bertz CT molecular complexity index is 1470. The highest BCUT2D eigenvalue weighted by atomic mass is 16.5. The normalized spacial score (nSPS) is 24.3. The summed E-state index contributed by atoms with van der Waals surface area (Å²) in [4.78, 5) is 0. The number of rotatable bonds is 11. The van der Waals surface area contributed by atoms with Crippen molar-refractivity contribution in [2.75, 3.05) is 27.4 Å². The number of aryl methyl sites for hydroxylation is 1. The molecular formula is C37H46O8. The van der Waals surface area contributed by atoms with Gasteiger partial charge in [0, 0.05) is 48.7 Å². The van der Waals surface area contributed by atoms with Crippen LogP contribution in [-0.4, -0.2) is 55.0 Å². The fourth-order valence-corrected chi connectivity index (χ4v) is 7.37. The second-order valence-electron chi connectivity index (χ2n) is 12.7. The number of aromatic hydroxyl groups is 1. The lowest BCUT2D eigenvalue weighted by Crippen LogP contribution is -2.46. The minimum atomic E-state index is -0.921. The van der Waals surface area contributed by atoms with Crippen LogP contribution in [0.5, 0.6) is 28.7 Å². The van der Waals surface area contributed by atoms with Crippen LogP contribution in [0.15, 0.2) is 48.5 Å². The summed E-state index contributed by atoms with van der Waals surface area (Å²) in [6.45, 7) is 2.81. The van der Waals surface area contributed by atoms with E-state index in [0.717, 1.165) is 55.2 Å². The van der Waals surface area contributed by atoms with Gasteiger partial charge in [-0.1, -0.05) is 19.1 Å². The zero-order chi connectivity index (χ0) is 31.5. The number of aliphatic hydroxyl groups excluding tert-OH is 2. The summed E-state index contributed by atoms with van der Waals surface area (Å²) in [6, 6.07) is 15.2. The van der Waals surface area contributed by atoms with E-state index in [9.17, 15) is 15.3 Å². The Kier molecular flexibility index (Phi) is 9.73. The van der Waals surface area contributed by atoms with Crippen molar-refractivity contribution in [3.05, 3.63) is 76.3 Å². The fraction of sp³-hybridized carbons (Fsp3) is 0.514. The molecule has 5 unspecified atom stereocenters. The van der Waals surface area contributed by atoms with E-state index < -0.39 is 24.0 Å². The van der Waals surface area contributed by atoms with Gasteiger partial charge in [0.2, 0.25) is 0 Å². The smallest absolute Gasteiger partial charge is 0.128 e. The van der Waals surface area contributed by atoms with Gasteiger partial charge in [0.15, 0.2) is 0 Å². The average Bonchev–Trinajstić information content (AvgIpc) is 3.55. The van der Waals surface area contributed by atoms with Crippen molar-refractivity contribution >= 4 is 0 Å². The van der Waals surface area contributed by atoms with Gasteiger partial charge >= 0.3 is 0 Å². The summed E-state index contributed by atoms with van der Waals surface area (Å²) in [6.07, 6.45) is 4.99. The standard InChI is InChI=1S/C37H46O8/c1-4-23-12-11-22(17-31(23)38)16-24-18-27(44-25-8-5-6-9-25)20-29-35(39)30(21-43-37(24)29)34-33(10-7-15-41-2)45-32-14-13-26(42-3)19-28(32)36(34)40/h11-14,17-20,25,30,33-36,38-40H,4-10,15-16,21H2,1-3H3. The van der Waals surface area contributed by atoms with Crippen LogP contribution in [0, 0.1) is 11.8 Å². The first-order valence-electron chi connectivity index (χ1n) is 16.4. The maximum Gasteiger partial charge on any atom is 0.128 e. The molecule has 0 spiro atoms. The molecule has 45 heavy (non-hydrogen) atoms. The van der Waals surface area contributed by atoms with Gasteiger partial charge in [0.25, 0.3) is 0 Å². The predicted octanol–water partition coefficient (Wildman–Crippen LogP) is 6.45. The molecule has 0 amide bonds. The van der Waals surface area contributed by atoms with E-state index in [2.05, 4.69) is 0 Å². The first kappa shape index (κ1) is 31.5. The molecule has 0 saturated heterocycles. The zero-order valence-electron chi connectivity index (χ0n) is 26.5. The number of methoxy groups -OCH3 is 2. The largest absolute Gasteiger partial charge is 0.508 e. The number of aliphatic hydroxyl groups is 2. The zero-order valence-corrected chi connectivity index (χ0v) is 26.5. The van der Waals surface area contributed by atoms with Crippen LogP contribution in [0.25, 0.3) is 0 Å². The Balaban J connectivity index is 1.35. The molecule has 3 aromatic carbocycles. The van der Waals surface area contributed by atoms with Crippen molar-refractivity contribution in [2.24, 2.45) is 11.8 Å². The Morgan fingerprint density at radius 1 is 0.889 bits per heavy atom. The highest BCUT2D eigenvalue weighted by Crippen LogP contribution is 2.51. The van der Waals surface area contributed by atoms with Crippen molar-refractivity contribution < 1.29 is 39.0 Å². The van der Waals surface area contributed by atoms with Gasteiger partial charge < -0.3 is 39.0 Å². The van der Waals surface area contributed by atoms with Crippen LogP contribution in [0.2, 0.25) is 0 Å². The lowest BCUT2D eigenvalue weighted by atomic mass is 9.72. The molecule has 1 saturated carbocycles. The van der Waals surface area contributed by atoms with Crippen molar-refractivity contribution in [2.45, 2.75) is 82.7 Å². The van der Waals surface area contributed by atoms with Crippen molar-refractivity contribution in [1.29, 1.82) is 0 Å². The van der Waals surface area contributed by atoms with E-state index in [0.29, 0.717) is 53.6 Å². The van der Waals surface area contributed by atoms with Gasteiger partial charge in [-0.15, -0.1) is 0 Å². The van der Waals surface area contributed by atoms with Crippen LogP contribution in [0.1, 0.15) is 85.5 Å². The Morgan fingerprint density at radius 2 is 1.69 bits per heavy atom. The van der Waals surface area contributed by atoms with Gasteiger partial charge in [-0.3, -0.25) is 0 Å². The number of phenolic OH excluding ortho intramolecular Hbond substituents is 1. The number of ether oxygens (including phenoxy) is 5. The molecular weight excluding hydrogens is 572 g/mol. The highest BCUT2D eigenvalue weighted by molar-refractivity contribution is 5.52. The van der Waals surface area contributed by atoms with Crippen LogP contribution in [-0.2, 0) is 17.6 Å². The fourth-order valence-electron chi connectivity index (χ4n) is 7.37. The SMILES string of the molecule is CCc1ccc(Cc2cc(OC3CCCC3)cc3c2OCC(C2C(CCCOC)Oc4ccc(OC)cc4C2O)C3O)cc1O. The van der Waals surface area contributed by atoms with Crippen molar-refractivity contribution in [3.8, 4) is 28.7 Å². The number of phenols is 1. The van der Waals surface area contributed by atoms with Gasteiger partial charge in [-0.2, -0.15) is 0 Å². The minimum absolute atomic E-state index is 0.145. The summed E-state index contributed by atoms with van der Waals surface area (Å²) in [7, 11) is 3.27. The lowest BCUT2D eigenvalue weighted by molar-refractivity contribution is -0.0889. The summed E-state index contributed by atoms with van der Waals surface area (Å²) in [5, 5.41) is 34.5. The van der Waals surface area contributed by atoms with Crippen LogP contribution in [0.3, 0.4) is 0 Å². The second-order valence-corrected chi connectivity index (χ2v) is 12.7. The molecule has 8 heteroatoms. The Morgan fingerprint density at radius 3 is 2.42 bits per heavy atom. The maximum absolute atomic E-state index is 12.1. The van der Waals surface area contributed by atoms with Gasteiger partial charge in [-0.05, 0) is 92.5 Å². The summed E-state index contributed by atoms with van der Waals surface area (Å²) < 4.78 is 30.3. The Hall–Kier alpha value is -3.46. The van der Waals surface area contributed by atoms with E-state index in [-0.39, 0.29) is 24.6 Å². The molecule has 0 aromatic heterocycles. The molecule has 5 atom stereocenters. The molecule has 1 fully saturated rings. The summed E-state index contributed by atoms with van der Waals surface area (Å²) >= 11 is 0. The summed E-state index contributed by atoms with van der Waals surface area (Å²) in [5.74, 6) is 2.01. The number of fused-ring (bicyclic) bond motifs is 2. The molecule has 0 bridgehead atoms. The molecule has 3 N–H and O–H groups in total. The number of hydrogen-bond acceptors (Lipinski definition) is 8. The van der Waals surface area contributed by atoms with E-state index >= 15 is 0 Å². The molecule has 1 aliphatic carbocycles. The maximum atomic E-state index is 12.1. The molecule has 8 nitrogen and oxygen atoms in total. The number of benzene rings is 3. The molecule has 3 aromatic rings. The first-order valence-corrected chi connectivity index (χ1v) is 16.4.